The molecule has 0 amide bonds. The number of fused-ring (bicyclic) bond motifs is 1. The number of aromatic nitrogens is 2. The molecule has 5 nitrogen and oxygen atoms in total. The first-order valence-corrected chi connectivity index (χ1v) is 9.59. The predicted molar refractivity (Wildman–Crippen MR) is 89.6 cm³/mol. The molecule has 0 aliphatic carbocycles. The van der Waals surface area contributed by atoms with Crippen molar-refractivity contribution in [3.05, 3.63) is 40.4 Å². The quantitative estimate of drug-likeness (QED) is 0.790. The summed E-state index contributed by atoms with van der Waals surface area (Å²) >= 11 is 3.25. The molecule has 1 aliphatic heterocycles. The van der Waals surface area contributed by atoms with Crippen LogP contribution in [0.25, 0.3) is 0 Å². The standard InChI is InChI=1S/C15H17BrFN3O2S/c1-10(2)19-9-13(8-18-19)23(21,22)20-5-3-4-11-6-12(16)7-14(17)15(11)20/h6-10H,3-5H2,1-2H3. The largest absolute Gasteiger partial charge is 0.269 e. The summed E-state index contributed by atoms with van der Waals surface area (Å²) in [5.74, 6) is -0.533. The molecule has 0 radical (unpaired) electrons. The average molecular weight is 402 g/mol. The van der Waals surface area contributed by atoms with Crippen LogP contribution in [0.4, 0.5) is 10.1 Å². The normalized spacial score (nSPS) is 15.1. The molecule has 0 spiro atoms. The Bertz CT molecular complexity index is 848. The van der Waals surface area contributed by atoms with Gasteiger partial charge in [0, 0.05) is 23.3 Å². The number of halogens is 2. The molecule has 23 heavy (non-hydrogen) atoms. The molecular formula is C15H17BrFN3O2S. The Hall–Kier alpha value is -1.41. The van der Waals surface area contributed by atoms with Crippen molar-refractivity contribution < 1.29 is 12.8 Å². The van der Waals surface area contributed by atoms with Gasteiger partial charge in [0.15, 0.2) is 0 Å². The van der Waals surface area contributed by atoms with E-state index in [1.807, 2.05) is 13.8 Å². The van der Waals surface area contributed by atoms with Crippen molar-refractivity contribution in [3.8, 4) is 0 Å². The SMILES string of the molecule is CC(C)n1cc(S(=O)(=O)N2CCCc3cc(Br)cc(F)c32)cn1. The number of nitrogens with zero attached hydrogens (tertiary/aromatic N) is 3. The fourth-order valence-corrected chi connectivity index (χ4v) is 4.69. The van der Waals surface area contributed by atoms with Gasteiger partial charge in [-0.15, -0.1) is 0 Å². The van der Waals surface area contributed by atoms with E-state index in [1.54, 1.807) is 10.7 Å². The van der Waals surface area contributed by atoms with Gasteiger partial charge in [0.05, 0.1) is 11.9 Å². The molecule has 0 fully saturated rings. The van der Waals surface area contributed by atoms with Gasteiger partial charge in [0.1, 0.15) is 10.7 Å². The smallest absolute Gasteiger partial charge is 0.267 e. The zero-order chi connectivity index (χ0) is 16.8. The summed E-state index contributed by atoms with van der Waals surface area (Å²) in [6.07, 6.45) is 4.12. The van der Waals surface area contributed by atoms with E-state index < -0.39 is 15.8 Å². The summed E-state index contributed by atoms with van der Waals surface area (Å²) in [5.41, 5.74) is 0.847. The van der Waals surface area contributed by atoms with Crippen molar-refractivity contribution in [1.82, 2.24) is 9.78 Å². The van der Waals surface area contributed by atoms with Gasteiger partial charge in [-0.1, -0.05) is 15.9 Å². The van der Waals surface area contributed by atoms with Gasteiger partial charge in [0.2, 0.25) is 0 Å². The molecule has 1 aromatic carbocycles. The number of benzene rings is 1. The van der Waals surface area contributed by atoms with E-state index in [0.29, 0.717) is 22.9 Å². The van der Waals surface area contributed by atoms with Gasteiger partial charge >= 0.3 is 0 Å². The summed E-state index contributed by atoms with van der Waals surface area (Å²) in [6.45, 7) is 4.09. The van der Waals surface area contributed by atoms with E-state index in [-0.39, 0.29) is 23.2 Å². The van der Waals surface area contributed by atoms with Crippen LogP contribution in [0.15, 0.2) is 33.9 Å². The Morgan fingerprint density at radius 3 is 2.74 bits per heavy atom. The lowest BCUT2D eigenvalue weighted by Crippen LogP contribution is -2.36. The highest BCUT2D eigenvalue weighted by Gasteiger charge is 2.32. The molecule has 0 saturated carbocycles. The molecule has 8 heteroatoms. The first-order chi connectivity index (χ1) is 10.8. The van der Waals surface area contributed by atoms with Crippen molar-refractivity contribution in [2.24, 2.45) is 0 Å². The van der Waals surface area contributed by atoms with Crippen LogP contribution in [0.3, 0.4) is 0 Å². The molecular weight excluding hydrogens is 385 g/mol. The Labute approximate surface area is 143 Å². The molecule has 3 rings (SSSR count). The molecule has 1 aliphatic rings. The van der Waals surface area contributed by atoms with Gasteiger partial charge in [-0.2, -0.15) is 5.10 Å². The van der Waals surface area contributed by atoms with Crippen molar-refractivity contribution in [2.75, 3.05) is 10.8 Å². The molecule has 0 N–H and O–H groups in total. The maximum Gasteiger partial charge on any atom is 0.267 e. The number of aryl methyl sites for hydroxylation is 1. The van der Waals surface area contributed by atoms with Gasteiger partial charge in [-0.25, -0.2) is 12.8 Å². The second-order valence-corrected chi connectivity index (χ2v) is 8.60. The molecule has 124 valence electrons. The molecule has 2 aromatic rings. The Kier molecular flexibility index (Phi) is 4.22. The van der Waals surface area contributed by atoms with Crippen LogP contribution in [0, 0.1) is 5.82 Å². The summed E-state index contributed by atoms with van der Waals surface area (Å²) in [4.78, 5) is 0.0846. The van der Waals surface area contributed by atoms with Crippen LogP contribution < -0.4 is 4.31 Å². The minimum atomic E-state index is -3.83. The molecule has 1 aromatic heterocycles. The average Bonchev–Trinajstić information content (AvgIpc) is 2.97. The molecule has 0 atom stereocenters. The zero-order valence-corrected chi connectivity index (χ0v) is 15.2. The third-order valence-electron chi connectivity index (χ3n) is 3.86. The third-order valence-corrected chi connectivity index (χ3v) is 6.07. The summed E-state index contributed by atoms with van der Waals surface area (Å²) in [5, 5.41) is 4.08. The summed E-state index contributed by atoms with van der Waals surface area (Å²) in [7, 11) is -3.83. The maximum atomic E-state index is 14.4. The minimum absolute atomic E-state index is 0.0558. The van der Waals surface area contributed by atoms with E-state index in [1.165, 1.54) is 18.5 Å². The van der Waals surface area contributed by atoms with Gasteiger partial charge < -0.3 is 0 Å². The Morgan fingerprint density at radius 1 is 1.35 bits per heavy atom. The highest BCUT2D eigenvalue weighted by Crippen LogP contribution is 2.36. The van der Waals surface area contributed by atoms with Crippen LogP contribution in [-0.2, 0) is 16.4 Å². The zero-order valence-electron chi connectivity index (χ0n) is 12.8. The number of sulfonamides is 1. The number of hydrogen-bond donors (Lipinski definition) is 0. The van der Waals surface area contributed by atoms with Gasteiger partial charge in [-0.3, -0.25) is 8.99 Å². The van der Waals surface area contributed by atoms with Crippen LogP contribution in [0.2, 0.25) is 0 Å². The fraction of sp³-hybridized carbons (Fsp3) is 0.400. The minimum Gasteiger partial charge on any atom is -0.269 e. The van der Waals surface area contributed by atoms with Crippen LogP contribution in [0.5, 0.6) is 0 Å². The molecule has 0 bridgehead atoms. The lowest BCUT2D eigenvalue weighted by Gasteiger charge is -2.30. The topological polar surface area (TPSA) is 55.2 Å². The number of hydrogen-bond acceptors (Lipinski definition) is 3. The van der Waals surface area contributed by atoms with Crippen LogP contribution >= 0.6 is 15.9 Å². The highest BCUT2D eigenvalue weighted by molar-refractivity contribution is 9.10. The summed E-state index contributed by atoms with van der Waals surface area (Å²) < 4.78 is 43.6. The van der Waals surface area contributed by atoms with Gasteiger partial charge in [0.25, 0.3) is 10.0 Å². The van der Waals surface area contributed by atoms with Crippen molar-refractivity contribution >= 4 is 31.6 Å². The molecule has 2 heterocycles. The Morgan fingerprint density at radius 2 is 2.09 bits per heavy atom. The first kappa shape index (κ1) is 16.4. The maximum absolute atomic E-state index is 14.4. The molecule has 0 saturated heterocycles. The van der Waals surface area contributed by atoms with Crippen LogP contribution in [-0.4, -0.2) is 24.7 Å². The van der Waals surface area contributed by atoms with Gasteiger partial charge in [-0.05, 0) is 44.4 Å². The van der Waals surface area contributed by atoms with Crippen LogP contribution in [0.1, 0.15) is 31.9 Å². The van der Waals surface area contributed by atoms with Crippen molar-refractivity contribution in [3.63, 3.8) is 0 Å². The lowest BCUT2D eigenvalue weighted by atomic mass is 10.0. The second kappa shape index (κ2) is 5.90. The van der Waals surface area contributed by atoms with E-state index in [2.05, 4.69) is 21.0 Å². The van der Waals surface area contributed by atoms with Crippen molar-refractivity contribution in [1.29, 1.82) is 0 Å². The van der Waals surface area contributed by atoms with E-state index in [9.17, 15) is 12.8 Å². The summed E-state index contributed by atoms with van der Waals surface area (Å²) in [6, 6.07) is 3.13. The lowest BCUT2D eigenvalue weighted by molar-refractivity contribution is 0.531. The van der Waals surface area contributed by atoms with Crippen molar-refractivity contribution in [2.45, 2.75) is 37.6 Å². The third kappa shape index (κ3) is 2.89. The fourth-order valence-electron chi connectivity index (χ4n) is 2.72. The number of rotatable bonds is 3. The highest BCUT2D eigenvalue weighted by atomic mass is 79.9. The first-order valence-electron chi connectivity index (χ1n) is 7.35. The number of anilines is 1. The monoisotopic (exact) mass is 401 g/mol. The predicted octanol–water partition coefficient (Wildman–Crippen LogP) is 3.51. The van der Waals surface area contributed by atoms with E-state index in [4.69, 9.17) is 0 Å². The van der Waals surface area contributed by atoms with E-state index >= 15 is 0 Å². The second-order valence-electron chi connectivity index (χ2n) is 5.83. The molecule has 0 unspecified atom stereocenters. The Balaban J connectivity index is 2.09. The van der Waals surface area contributed by atoms with E-state index in [0.717, 1.165) is 4.31 Å².